The van der Waals surface area contributed by atoms with Gasteiger partial charge in [0.05, 0.1) is 5.56 Å². The monoisotopic (exact) mass is 280 g/mol. The molecule has 0 fully saturated rings. The molecule has 1 aliphatic heterocycles. The second-order valence-electron chi connectivity index (χ2n) is 5.40. The Morgan fingerprint density at radius 1 is 1.10 bits per heavy atom. The molecular weight excluding hydrogens is 263 g/mol. The van der Waals surface area contributed by atoms with Gasteiger partial charge in [0.25, 0.3) is 0 Å². The van der Waals surface area contributed by atoms with E-state index in [0.717, 1.165) is 25.8 Å². The lowest BCUT2D eigenvalue weighted by atomic mass is 10.1. The van der Waals surface area contributed by atoms with Crippen molar-refractivity contribution >= 4 is 5.69 Å². The van der Waals surface area contributed by atoms with E-state index in [1.165, 1.54) is 17.3 Å². The average molecular weight is 280 g/mol. The molecular formula is C18H17FN2. The number of rotatable bonds is 2. The van der Waals surface area contributed by atoms with E-state index in [0.29, 0.717) is 12.1 Å². The molecule has 106 valence electrons. The number of hydrogen-bond donors (Lipinski definition) is 0. The molecule has 2 nitrogen and oxygen atoms in total. The van der Waals surface area contributed by atoms with E-state index in [1.54, 1.807) is 12.1 Å². The summed E-state index contributed by atoms with van der Waals surface area (Å²) >= 11 is 0. The summed E-state index contributed by atoms with van der Waals surface area (Å²) in [6.45, 7) is 1.44. The van der Waals surface area contributed by atoms with Crippen molar-refractivity contribution < 1.29 is 4.39 Å². The molecule has 0 aromatic heterocycles. The number of fused-ring (bicyclic) bond motifs is 1. The van der Waals surface area contributed by atoms with E-state index < -0.39 is 0 Å². The normalized spacial score (nSPS) is 14.2. The fraction of sp³-hybridized carbons (Fsp3) is 0.278. The van der Waals surface area contributed by atoms with Gasteiger partial charge < -0.3 is 4.90 Å². The van der Waals surface area contributed by atoms with Crippen LogP contribution in [0.2, 0.25) is 0 Å². The van der Waals surface area contributed by atoms with Gasteiger partial charge in [0.15, 0.2) is 0 Å². The highest BCUT2D eigenvalue weighted by Gasteiger charge is 2.17. The fourth-order valence-corrected chi connectivity index (χ4v) is 2.93. The minimum Gasteiger partial charge on any atom is -0.367 e. The largest absolute Gasteiger partial charge is 0.367 e. The molecule has 2 aromatic rings. The first-order valence-electron chi connectivity index (χ1n) is 7.30. The number of benzene rings is 2. The summed E-state index contributed by atoms with van der Waals surface area (Å²) in [6, 6.07) is 15.3. The van der Waals surface area contributed by atoms with Crippen molar-refractivity contribution in [2.24, 2.45) is 0 Å². The first-order valence-corrected chi connectivity index (χ1v) is 7.30. The third-order valence-corrected chi connectivity index (χ3v) is 4.02. The van der Waals surface area contributed by atoms with Crippen molar-refractivity contribution in [3.05, 3.63) is 65.0 Å². The first kappa shape index (κ1) is 13.6. The van der Waals surface area contributed by atoms with Crippen LogP contribution in [-0.4, -0.2) is 6.54 Å². The van der Waals surface area contributed by atoms with E-state index in [4.69, 9.17) is 5.26 Å². The number of anilines is 1. The number of nitriles is 1. The number of hydrogen-bond acceptors (Lipinski definition) is 2. The van der Waals surface area contributed by atoms with E-state index in [-0.39, 0.29) is 11.4 Å². The number of para-hydroxylation sites is 1. The van der Waals surface area contributed by atoms with Crippen molar-refractivity contribution in [1.29, 1.82) is 5.26 Å². The third-order valence-electron chi connectivity index (χ3n) is 4.02. The van der Waals surface area contributed by atoms with Crippen LogP contribution in [0.1, 0.15) is 29.5 Å². The topological polar surface area (TPSA) is 27.0 Å². The smallest absolute Gasteiger partial charge is 0.145 e. The van der Waals surface area contributed by atoms with Gasteiger partial charge in [-0.25, -0.2) is 4.39 Å². The van der Waals surface area contributed by atoms with Crippen molar-refractivity contribution in [1.82, 2.24) is 0 Å². The lowest BCUT2D eigenvalue weighted by molar-refractivity contribution is 0.598. The van der Waals surface area contributed by atoms with E-state index in [1.807, 2.05) is 12.1 Å². The summed E-state index contributed by atoms with van der Waals surface area (Å²) in [7, 11) is 0. The van der Waals surface area contributed by atoms with Crippen LogP contribution in [-0.2, 0) is 13.0 Å². The summed E-state index contributed by atoms with van der Waals surface area (Å²) in [6.07, 6.45) is 3.34. The van der Waals surface area contributed by atoms with Gasteiger partial charge in [-0.05, 0) is 37.0 Å². The molecule has 0 spiro atoms. The van der Waals surface area contributed by atoms with Gasteiger partial charge in [0.2, 0.25) is 0 Å². The molecule has 0 amide bonds. The van der Waals surface area contributed by atoms with Crippen molar-refractivity contribution in [3.8, 4) is 6.07 Å². The maximum atomic E-state index is 14.3. The van der Waals surface area contributed by atoms with Crippen molar-refractivity contribution in [2.75, 3.05) is 11.4 Å². The SMILES string of the molecule is N#Cc1cccc(CN2CCCCc3ccccc32)c1F. The summed E-state index contributed by atoms with van der Waals surface area (Å²) in [5.74, 6) is -0.387. The predicted molar refractivity (Wildman–Crippen MR) is 81.5 cm³/mol. The molecule has 0 saturated heterocycles. The van der Waals surface area contributed by atoms with Crippen LogP contribution in [0.25, 0.3) is 0 Å². The molecule has 0 saturated carbocycles. The minimum absolute atomic E-state index is 0.121. The molecule has 0 atom stereocenters. The van der Waals surface area contributed by atoms with Crippen LogP contribution in [0.15, 0.2) is 42.5 Å². The Kier molecular flexibility index (Phi) is 3.87. The maximum absolute atomic E-state index is 14.3. The standard InChI is InChI=1S/C18H17FN2/c19-18-15(12-20)8-5-9-16(18)13-21-11-4-3-7-14-6-1-2-10-17(14)21/h1-2,5-6,8-10H,3-4,7,11,13H2. The molecule has 3 heteroatoms. The molecule has 21 heavy (non-hydrogen) atoms. The Balaban J connectivity index is 1.94. The zero-order valence-electron chi connectivity index (χ0n) is 11.8. The Hall–Kier alpha value is -2.34. The lowest BCUT2D eigenvalue weighted by Gasteiger charge is -2.25. The second-order valence-corrected chi connectivity index (χ2v) is 5.40. The van der Waals surface area contributed by atoms with Crippen LogP contribution in [0.4, 0.5) is 10.1 Å². The predicted octanol–water partition coefficient (Wildman–Crippen LogP) is 4.04. The van der Waals surface area contributed by atoms with Gasteiger partial charge in [-0.1, -0.05) is 30.3 Å². The molecule has 1 heterocycles. The quantitative estimate of drug-likeness (QED) is 0.830. The summed E-state index contributed by atoms with van der Waals surface area (Å²) in [4.78, 5) is 2.22. The van der Waals surface area contributed by atoms with E-state index in [2.05, 4.69) is 23.1 Å². The van der Waals surface area contributed by atoms with Gasteiger partial charge in [0, 0.05) is 24.3 Å². The van der Waals surface area contributed by atoms with Crippen LogP contribution < -0.4 is 4.90 Å². The van der Waals surface area contributed by atoms with Crippen LogP contribution in [0.3, 0.4) is 0 Å². The van der Waals surface area contributed by atoms with Crippen molar-refractivity contribution in [3.63, 3.8) is 0 Å². The first-order chi connectivity index (χ1) is 10.3. The number of nitrogens with zero attached hydrogens (tertiary/aromatic N) is 2. The Morgan fingerprint density at radius 2 is 1.95 bits per heavy atom. The van der Waals surface area contributed by atoms with Crippen LogP contribution >= 0.6 is 0 Å². The Morgan fingerprint density at radius 3 is 2.81 bits per heavy atom. The number of halogens is 1. The molecule has 3 rings (SSSR count). The van der Waals surface area contributed by atoms with E-state index >= 15 is 0 Å². The van der Waals surface area contributed by atoms with Crippen LogP contribution in [0, 0.1) is 17.1 Å². The van der Waals surface area contributed by atoms with Gasteiger partial charge in [0.1, 0.15) is 11.9 Å². The van der Waals surface area contributed by atoms with Crippen molar-refractivity contribution in [2.45, 2.75) is 25.8 Å². The van der Waals surface area contributed by atoms with Gasteiger partial charge in [-0.2, -0.15) is 5.26 Å². The second kappa shape index (κ2) is 5.97. The van der Waals surface area contributed by atoms with Gasteiger partial charge in [-0.15, -0.1) is 0 Å². The average Bonchev–Trinajstić information content (AvgIpc) is 2.72. The molecule has 0 radical (unpaired) electrons. The van der Waals surface area contributed by atoms with E-state index in [9.17, 15) is 4.39 Å². The van der Waals surface area contributed by atoms with Gasteiger partial charge in [-0.3, -0.25) is 0 Å². The molecule has 0 aliphatic carbocycles. The van der Waals surface area contributed by atoms with Crippen LogP contribution in [0.5, 0.6) is 0 Å². The highest BCUT2D eigenvalue weighted by Crippen LogP contribution is 2.28. The number of aryl methyl sites for hydroxylation is 1. The Bertz CT molecular complexity index is 688. The molecule has 0 bridgehead atoms. The Labute approximate surface area is 124 Å². The minimum atomic E-state index is -0.387. The molecule has 0 unspecified atom stereocenters. The summed E-state index contributed by atoms with van der Waals surface area (Å²) in [5, 5.41) is 8.95. The van der Waals surface area contributed by atoms with Gasteiger partial charge >= 0.3 is 0 Å². The molecule has 0 N–H and O–H groups in total. The highest BCUT2D eigenvalue weighted by molar-refractivity contribution is 5.55. The maximum Gasteiger partial charge on any atom is 0.145 e. The summed E-state index contributed by atoms with van der Waals surface area (Å²) in [5.41, 5.74) is 3.23. The molecule has 1 aliphatic rings. The fourth-order valence-electron chi connectivity index (χ4n) is 2.93. The lowest BCUT2D eigenvalue weighted by Crippen LogP contribution is -2.24. The summed E-state index contributed by atoms with van der Waals surface area (Å²) < 4.78 is 14.3. The molecule has 2 aromatic carbocycles. The zero-order chi connectivity index (χ0) is 14.7. The zero-order valence-corrected chi connectivity index (χ0v) is 11.8. The highest BCUT2D eigenvalue weighted by atomic mass is 19.1. The third kappa shape index (κ3) is 2.75.